The van der Waals surface area contributed by atoms with Gasteiger partial charge in [0.15, 0.2) is 12.4 Å². The van der Waals surface area contributed by atoms with Gasteiger partial charge in [0.05, 0.1) is 0 Å². The van der Waals surface area contributed by atoms with Crippen LogP contribution in [0.15, 0.2) is 42.5 Å². The molecule has 1 aromatic carbocycles. The van der Waals surface area contributed by atoms with Gasteiger partial charge in [-0.25, -0.2) is 0 Å². The van der Waals surface area contributed by atoms with Crippen molar-refractivity contribution in [3.8, 4) is 0 Å². The molecule has 0 fully saturated rings. The van der Waals surface area contributed by atoms with Crippen molar-refractivity contribution in [2.24, 2.45) is 0 Å². The first kappa shape index (κ1) is 13.4. The van der Waals surface area contributed by atoms with Crippen LogP contribution in [0.25, 0.3) is 0 Å². The molecule has 1 N–H and O–H groups in total. The predicted molar refractivity (Wildman–Crippen MR) is 63.1 cm³/mol. The first-order valence-electron chi connectivity index (χ1n) is 5.18. The highest BCUT2D eigenvalue weighted by Crippen LogP contribution is 2.27. The number of carbonyl (C=O) groups excluding carboxylic acids is 1. The third kappa shape index (κ3) is 3.69. The van der Waals surface area contributed by atoms with Crippen molar-refractivity contribution in [1.82, 2.24) is 0 Å². The van der Waals surface area contributed by atoms with Crippen LogP contribution in [0.3, 0.4) is 0 Å². The Balaban J connectivity index is 2.96. The zero-order valence-electron chi connectivity index (χ0n) is 9.92. The molecule has 0 aliphatic carbocycles. The molecule has 0 aliphatic rings. The number of methoxy groups -OCH3 is 1. The molecular formula is C13H16O4. The second-order valence-corrected chi connectivity index (χ2v) is 3.56. The van der Waals surface area contributed by atoms with Crippen molar-refractivity contribution in [2.75, 3.05) is 7.11 Å². The molecule has 0 amide bonds. The molecule has 2 atom stereocenters. The Hall–Kier alpha value is -1.65. The fourth-order valence-electron chi connectivity index (χ4n) is 1.43. The van der Waals surface area contributed by atoms with Gasteiger partial charge < -0.3 is 14.6 Å². The lowest BCUT2D eigenvalue weighted by Crippen LogP contribution is -2.21. The Labute approximate surface area is 100 Å². The highest BCUT2D eigenvalue weighted by Gasteiger charge is 2.23. The van der Waals surface area contributed by atoms with Gasteiger partial charge in [0, 0.05) is 19.6 Å². The van der Waals surface area contributed by atoms with Crippen LogP contribution in [0, 0.1) is 0 Å². The van der Waals surface area contributed by atoms with Crippen LogP contribution in [0.2, 0.25) is 0 Å². The Morgan fingerprint density at radius 1 is 1.35 bits per heavy atom. The summed E-state index contributed by atoms with van der Waals surface area (Å²) in [6.45, 7) is 5.01. The van der Waals surface area contributed by atoms with Crippen LogP contribution < -0.4 is 0 Å². The average molecular weight is 236 g/mol. The van der Waals surface area contributed by atoms with Gasteiger partial charge in [-0.1, -0.05) is 36.9 Å². The molecule has 0 aliphatic heterocycles. The Kier molecular flexibility index (Phi) is 4.87. The van der Waals surface area contributed by atoms with E-state index in [1.54, 1.807) is 12.1 Å². The SMILES string of the molecule is C=C(C(O)OC)C(OC(C)=O)c1ccccc1. The van der Waals surface area contributed by atoms with Gasteiger partial charge in [-0.05, 0) is 5.56 Å². The molecule has 0 saturated heterocycles. The lowest BCUT2D eigenvalue weighted by Gasteiger charge is -2.22. The highest BCUT2D eigenvalue weighted by atomic mass is 16.6. The minimum Gasteiger partial charge on any atom is -0.453 e. The Morgan fingerprint density at radius 3 is 2.41 bits per heavy atom. The van der Waals surface area contributed by atoms with Gasteiger partial charge in [0.2, 0.25) is 0 Å². The van der Waals surface area contributed by atoms with Crippen LogP contribution in [-0.2, 0) is 14.3 Å². The average Bonchev–Trinajstić information content (AvgIpc) is 2.35. The van der Waals surface area contributed by atoms with E-state index in [0.29, 0.717) is 0 Å². The second-order valence-electron chi connectivity index (χ2n) is 3.56. The smallest absolute Gasteiger partial charge is 0.303 e. The normalized spacial score (nSPS) is 13.8. The van der Waals surface area contributed by atoms with E-state index in [4.69, 9.17) is 9.47 Å². The summed E-state index contributed by atoms with van der Waals surface area (Å²) in [4.78, 5) is 11.1. The molecule has 0 radical (unpaired) electrons. The number of hydrogen-bond donors (Lipinski definition) is 1. The molecule has 1 aromatic rings. The van der Waals surface area contributed by atoms with Crippen molar-refractivity contribution in [3.05, 3.63) is 48.0 Å². The number of rotatable bonds is 5. The maximum absolute atomic E-state index is 11.1. The van der Waals surface area contributed by atoms with Crippen molar-refractivity contribution < 1.29 is 19.4 Å². The number of esters is 1. The topological polar surface area (TPSA) is 55.8 Å². The third-order valence-electron chi connectivity index (χ3n) is 2.26. The largest absolute Gasteiger partial charge is 0.453 e. The molecule has 4 nitrogen and oxygen atoms in total. The summed E-state index contributed by atoms with van der Waals surface area (Å²) >= 11 is 0. The van der Waals surface area contributed by atoms with E-state index in [-0.39, 0.29) is 5.57 Å². The summed E-state index contributed by atoms with van der Waals surface area (Å²) in [5.74, 6) is -0.441. The maximum Gasteiger partial charge on any atom is 0.303 e. The van der Waals surface area contributed by atoms with Gasteiger partial charge in [0.1, 0.15) is 0 Å². The van der Waals surface area contributed by atoms with Gasteiger partial charge >= 0.3 is 5.97 Å². The van der Waals surface area contributed by atoms with E-state index in [1.165, 1.54) is 14.0 Å². The second kappa shape index (κ2) is 6.18. The van der Waals surface area contributed by atoms with E-state index in [1.807, 2.05) is 18.2 Å². The molecule has 0 heterocycles. The molecule has 0 bridgehead atoms. The van der Waals surface area contributed by atoms with Crippen molar-refractivity contribution in [1.29, 1.82) is 0 Å². The number of carbonyl (C=O) groups is 1. The van der Waals surface area contributed by atoms with Crippen LogP contribution in [0.1, 0.15) is 18.6 Å². The van der Waals surface area contributed by atoms with E-state index < -0.39 is 18.4 Å². The highest BCUT2D eigenvalue weighted by molar-refractivity contribution is 5.66. The zero-order valence-corrected chi connectivity index (χ0v) is 9.92. The fourth-order valence-corrected chi connectivity index (χ4v) is 1.43. The van der Waals surface area contributed by atoms with Gasteiger partial charge in [-0.2, -0.15) is 0 Å². The first-order chi connectivity index (χ1) is 8.06. The zero-order chi connectivity index (χ0) is 12.8. The molecule has 2 unspecified atom stereocenters. The summed E-state index contributed by atoms with van der Waals surface area (Å²) < 4.78 is 9.90. The molecule has 92 valence electrons. The minimum absolute atomic E-state index is 0.286. The number of benzene rings is 1. The molecule has 17 heavy (non-hydrogen) atoms. The Bertz CT molecular complexity index is 386. The van der Waals surface area contributed by atoms with Crippen LogP contribution in [0.4, 0.5) is 0 Å². The van der Waals surface area contributed by atoms with Crippen molar-refractivity contribution in [3.63, 3.8) is 0 Å². The van der Waals surface area contributed by atoms with E-state index >= 15 is 0 Å². The number of aliphatic hydroxyl groups is 1. The fraction of sp³-hybridized carbons (Fsp3) is 0.308. The van der Waals surface area contributed by atoms with Gasteiger partial charge in [-0.3, -0.25) is 4.79 Å². The quantitative estimate of drug-likeness (QED) is 0.481. The molecule has 0 aromatic heterocycles. The predicted octanol–water partition coefficient (Wildman–Crippen LogP) is 1.81. The standard InChI is InChI=1S/C13H16O4/c1-9(13(15)16-3)12(17-10(2)14)11-7-5-4-6-8-11/h4-8,12-13,15H,1H2,2-3H3. The summed E-state index contributed by atoms with van der Waals surface area (Å²) in [6.07, 6.45) is -1.87. The van der Waals surface area contributed by atoms with E-state index in [9.17, 15) is 9.90 Å². The molecule has 1 rings (SSSR count). The maximum atomic E-state index is 11.1. The lowest BCUT2D eigenvalue weighted by atomic mass is 10.0. The first-order valence-corrected chi connectivity index (χ1v) is 5.18. The van der Waals surface area contributed by atoms with Crippen LogP contribution in [-0.4, -0.2) is 24.5 Å². The summed E-state index contributed by atoms with van der Waals surface area (Å²) in [5, 5.41) is 9.56. The van der Waals surface area contributed by atoms with E-state index in [0.717, 1.165) is 5.56 Å². The molecule has 0 saturated carbocycles. The van der Waals surface area contributed by atoms with Crippen molar-refractivity contribution >= 4 is 5.97 Å². The minimum atomic E-state index is -1.17. The summed E-state index contributed by atoms with van der Waals surface area (Å²) in [7, 11) is 1.35. The number of aliphatic hydroxyl groups excluding tert-OH is 1. The summed E-state index contributed by atoms with van der Waals surface area (Å²) in [5.41, 5.74) is 1.03. The number of ether oxygens (including phenoxy) is 2. The van der Waals surface area contributed by atoms with Crippen molar-refractivity contribution in [2.45, 2.75) is 19.3 Å². The van der Waals surface area contributed by atoms with Crippen LogP contribution >= 0.6 is 0 Å². The van der Waals surface area contributed by atoms with Gasteiger partial charge in [-0.15, -0.1) is 0 Å². The molecule has 4 heteroatoms. The monoisotopic (exact) mass is 236 g/mol. The molecule has 0 spiro atoms. The molecular weight excluding hydrogens is 220 g/mol. The Morgan fingerprint density at radius 2 is 1.94 bits per heavy atom. The third-order valence-corrected chi connectivity index (χ3v) is 2.26. The van der Waals surface area contributed by atoms with Gasteiger partial charge in [0.25, 0.3) is 0 Å². The lowest BCUT2D eigenvalue weighted by molar-refractivity contribution is -0.147. The summed E-state index contributed by atoms with van der Waals surface area (Å²) in [6, 6.07) is 9.07. The van der Waals surface area contributed by atoms with Crippen LogP contribution in [0.5, 0.6) is 0 Å². The van der Waals surface area contributed by atoms with E-state index in [2.05, 4.69) is 6.58 Å². The number of hydrogen-bond acceptors (Lipinski definition) is 4.